The van der Waals surface area contributed by atoms with E-state index in [0.717, 1.165) is 18.9 Å². The van der Waals surface area contributed by atoms with Gasteiger partial charge in [0.25, 0.3) is 0 Å². The Kier molecular flexibility index (Phi) is 4.00. The fraction of sp³-hybridized carbons (Fsp3) is 0.538. The first-order chi connectivity index (χ1) is 9.19. The molecule has 0 aliphatic carbocycles. The molecule has 1 aromatic carbocycles. The Bertz CT molecular complexity index is 471. The molecule has 0 saturated carbocycles. The Morgan fingerprint density at radius 1 is 0.950 bits per heavy atom. The molecule has 1 aromatic rings. The number of halogens is 6. The van der Waals surface area contributed by atoms with E-state index in [-0.39, 0.29) is 11.6 Å². The molecule has 0 unspecified atom stereocenters. The Balaban J connectivity index is 2.45. The molecule has 20 heavy (non-hydrogen) atoms. The van der Waals surface area contributed by atoms with Gasteiger partial charge in [-0.3, -0.25) is 0 Å². The van der Waals surface area contributed by atoms with Gasteiger partial charge in [-0.15, -0.1) is 0 Å². The van der Waals surface area contributed by atoms with Gasteiger partial charge in [0.05, 0.1) is 11.1 Å². The summed E-state index contributed by atoms with van der Waals surface area (Å²) >= 11 is 0. The van der Waals surface area contributed by atoms with Gasteiger partial charge in [-0.05, 0) is 37.1 Å². The minimum atomic E-state index is -4.80. The van der Waals surface area contributed by atoms with E-state index in [9.17, 15) is 26.3 Å². The highest BCUT2D eigenvalue weighted by molar-refractivity contribution is 5.37. The van der Waals surface area contributed by atoms with Crippen LogP contribution < -0.4 is 5.32 Å². The highest BCUT2D eigenvalue weighted by Crippen LogP contribution is 2.40. The molecular weight excluding hydrogens is 284 g/mol. The molecule has 1 heterocycles. The third-order valence-corrected chi connectivity index (χ3v) is 3.37. The molecule has 112 valence electrons. The molecule has 7 heteroatoms. The first-order valence-electron chi connectivity index (χ1n) is 6.21. The van der Waals surface area contributed by atoms with Crippen LogP contribution in [0.1, 0.15) is 42.0 Å². The van der Waals surface area contributed by atoms with Crippen molar-refractivity contribution in [3.8, 4) is 0 Å². The summed E-state index contributed by atoms with van der Waals surface area (Å²) in [7, 11) is 0. The maximum absolute atomic E-state index is 13.0. The number of hydrogen-bond acceptors (Lipinski definition) is 1. The predicted octanol–water partition coefficient (Wildman–Crippen LogP) is 4.54. The lowest BCUT2D eigenvalue weighted by molar-refractivity contribution is -0.143. The molecule has 1 fully saturated rings. The average molecular weight is 297 g/mol. The van der Waals surface area contributed by atoms with Crippen LogP contribution in [0.3, 0.4) is 0 Å². The van der Waals surface area contributed by atoms with Crippen LogP contribution in [-0.4, -0.2) is 6.54 Å². The molecule has 1 aliphatic heterocycles. The number of rotatable bonds is 1. The Hall–Kier alpha value is -1.24. The van der Waals surface area contributed by atoms with Crippen molar-refractivity contribution in [1.29, 1.82) is 0 Å². The summed E-state index contributed by atoms with van der Waals surface area (Å²) in [5.41, 5.74) is -2.58. The summed E-state index contributed by atoms with van der Waals surface area (Å²) in [6.45, 7) is 0.572. The summed E-state index contributed by atoms with van der Waals surface area (Å²) in [6.07, 6.45) is -7.46. The predicted molar refractivity (Wildman–Crippen MR) is 61.0 cm³/mol. The van der Waals surface area contributed by atoms with Crippen LogP contribution in [0.2, 0.25) is 0 Å². The van der Waals surface area contributed by atoms with Gasteiger partial charge in [-0.1, -0.05) is 12.5 Å². The van der Waals surface area contributed by atoms with E-state index < -0.39 is 29.5 Å². The summed E-state index contributed by atoms with van der Waals surface area (Å²) in [5.74, 6) is 0. The third kappa shape index (κ3) is 3.26. The molecule has 0 spiro atoms. The van der Waals surface area contributed by atoms with Crippen LogP contribution in [-0.2, 0) is 12.4 Å². The molecule has 1 aliphatic rings. The number of piperidine rings is 1. The third-order valence-electron chi connectivity index (χ3n) is 3.37. The molecule has 0 amide bonds. The Labute approximate surface area is 112 Å². The van der Waals surface area contributed by atoms with Gasteiger partial charge in [0, 0.05) is 6.04 Å². The number of alkyl halides is 6. The quantitative estimate of drug-likeness (QED) is 0.750. The molecule has 0 aromatic heterocycles. The van der Waals surface area contributed by atoms with Crippen molar-refractivity contribution in [2.75, 3.05) is 6.54 Å². The van der Waals surface area contributed by atoms with Crippen LogP contribution in [0.25, 0.3) is 0 Å². The van der Waals surface area contributed by atoms with Crippen molar-refractivity contribution in [3.05, 3.63) is 34.9 Å². The van der Waals surface area contributed by atoms with Crippen molar-refractivity contribution in [2.45, 2.75) is 37.7 Å². The van der Waals surface area contributed by atoms with Crippen molar-refractivity contribution < 1.29 is 26.3 Å². The summed E-state index contributed by atoms with van der Waals surface area (Å²) in [4.78, 5) is 0. The second-order valence-corrected chi connectivity index (χ2v) is 4.80. The minimum Gasteiger partial charge on any atom is -0.310 e. The smallest absolute Gasteiger partial charge is 0.310 e. The Morgan fingerprint density at radius 3 is 2.15 bits per heavy atom. The lowest BCUT2D eigenvalue weighted by atomic mass is 9.92. The maximum atomic E-state index is 13.0. The summed E-state index contributed by atoms with van der Waals surface area (Å²) < 4.78 is 76.6. The van der Waals surface area contributed by atoms with Crippen LogP contribution >= 0.6 is 0 Å². The van der Waals surface area contributed by atoms with Crippen LogP contribution in [0, 0.1) is 0 Å². The standard InChI is InChI=1S/C13H13F6N/c14-12(15,16)8-4-5-9(10(7-8)13(17,18)19)11-3-1-2-6-20-11/h4-5,7,11,20H,1-3,6H2/t11-/m0/s1. The van der Waals surface area contributed by atoms with E-state index in [1.807, 2.05) is 0 Å². The first kappa shape index (κ1) is 15.2. The monoisotopic (exact) mass is 297 g/mol. The molecule has 1 atom stereocenters. The molecule has 1 saturated heterocycles. The second-order valence-electron chi connectivity index (χ2n) is 4.80. The minimum absolute atomic E-state index is 0.106. The first-order valence-corrected chi connectivity index (χ1v) is 6.21. The average Bonchev–Trinajstić information content (AvgIpc) is 2.37. The maximum Gasteiger partial charge on any atom is 0.416 e. The largest absolute Gasteiger partial charge is 0.416 e. The van der Waals surface area contributed by atoms with E-state index in [1.54, 1.807) is 0 Å². The highest BCUT2D eigenvalue weighted by atomic mass is 19.4. The zero-order valence-corrected chi connectivity index (χ0v) is 10.4. The van der Waals surface area contributed by atoms with Gasteiger partial charge in [0.15, 0.2) is 0 Å². The zero-order chi connectivity index (χ0) is 15.0. The topological polar surface area (TPSA) is 12.0 Å². The van der Waals surface area contributed by atoms with Crippen molar-refractivity contribution in [1.82, 2.24) is 5.32 Å². The SMILES string of the molecule is FC(F)(F)c1ccc([C@@H]2CCCCN2)c(C(F)(F)F)c1. The van der Waals surface area contributed by atoms with Crippen molar-refractivity contribution in [3.63, 3.8) is 0 Å². The molecule has 1 N–H and O–H groups in total. The van der Waals surface area contributed by atoms with E-state index in [0.29, 0.717) is 19.0 Å². The fourth-order valence-corrected chi connectivity index (χ4v) is 2.40. The van der Waals surface area contributed by atoms with Gasteiger partial charge in [0.2, 0.25) is 0 Å². The normalized spacial score (nSPS) is 21.0. The van der Waals surface area contributed by atoms with Gasteiger partial charge in [-0.2, -0.15) is 26.3 Å². The van der Waals surface area contributed by atoms with Crippen molar-refractivity contribution in [2.24, 2.45) is 0 Å². The molecular formula is C13H13F6N. The van der Waals surface area contributed by atoms with E-state index in [1.165, 1.54) is 0 Å². The molecule has 0 radical (unpaired) electrons. The lowest BCUT2D eigenvalue weighted by Crippen LogP contribution is -2.29. The number of benzene rings is 1. The van der Waals surface area contributed by atoms with Crippen LogP contribution in [0.5, 0.6) is 0 Å². The molecule has 0 bridgehead atoms. The summed E-state index contributed by atoms with van der Waals surface area (Å²) in [5, 5.41) is 2.92. The second kappa shape index (κ2) is 5.27. The van der Waals surface area contributed by atoms with E-state index in [2.05, 4.69) is 5.32 Å². The van der Waals surface area contributed by atoms with E-state index in [4.69, 9.17) is 0 Å². The van der Waals surface area contributed by atoms with Crippen molar-refractivity contribution >= 4 is 0 Å². The van der Waals surface area contributed by atoms with Gasteiger partial charge < -0.3 is 5.32 Å². The Morgan fingerprint density at radius 2 is 1.65 bits per heavy atom. The van der Waals surface area contributed by atoms with Gasteiger partial charge in [-0.25, -0.2) is 0 Å². The number of hydrogen-bond donors (Lipinski definition) is 1. The summed E-state index contributed by atoms with van der Waals surface area (Å²) in [6, 6.07) is 1.31. The van der Waals surface area contributed by atoms with Crippen LogP contribution in [0.15, 0.2) is 18.2 Å². The fourth-order valence-electron chi connectivity index (χ4n) is 2.40. The van der Waals surface area contributed by atoms with Crippen LogP contribution in [0.4, 0.5) is 26.3 Å². The lowest BCUT2D eigenvalue weighted by Gasteiger charge is -2.27. The van der Waals surface area contributed by atoms with Gasteiger partial charge >= 0.3 is 12.4 Å². The number of nitrogens with one attached hydrogen (secondary N) is 1. The zero-order valence-electron chi connectivity index (χ0n) is 10.4. The molecule has 2 rings (SSSR count). The highest BCUT2D eigenvalue weighted by Gasteiger charge is 2.39. The molecule has 1 nitrogen and oxygen atoms in total. The van der Waals surface area contributed by atoms with Gasteiger partial charge in [0.1, 0.15) is 0 Å². The van der Waals surface area contributed by atoms with E-state index >= 15 is 0 Å².